The number of aliphatic hydroxyl groups is 1. The number of fused-ring (bicyclic) bond motifs is 1. The number of pyridine rings is 1. The number of aliphatic hydroxyl groups excluding tert-OH is 1. The van der Waals surface area contributed by atoms with Gasteiger partial charge in [-0.05, 0) is 36.1 Å². The van der Waals surface area contributed by atoms with Gasteiger partial charge in [-0.1, -0.05) is 31.2 Å². The number of alkyl halides is 3. The normalized spacial score (nSPS) is 12.6. The molecule has 3 heterocycles. The van der Waals surface area contributed by atoms with E-state index in [4.69, 9.17) is 9.47 Å². The van der Waals surface area contributed by atoms with Crippen LogP contribution in [0.15, 0.2) is 46.1 Å². The standard InChI is InChI=1S/C25H24F3N3O5S/c1-4-14-5-7-15(8-6-14)12-36-22-17(35-3)9-16(10-29-22)20-13(2)19-21(33)30-24(34)31(23(19)37-20)11-18(32)25(26,27)28/h5-10,18,32H,4,11-12H2,1-3H3,(H,30,33,34). The van der Waals surface area contributed by atoms with Gasteiger partial charge in [-0.15, -0.1) is 11.3 Å². The highest BCUT2D eigenvalue weighted by Gasteiger charge is 2.39. The number of ether oxygens (including phenoxy) is 2. The van der Waals surface area contributed by atoms with Crippen LogP contribution in [0.4, 0.5) is 13.2 Å². The molecule has 12 heteroatoms. The molecule has 196 valence electrons. The summed E-state index contributed by atoms with van der Waals surface area (Å²) in [6.07, 6.45) is -5.28. The van der Waals surface area contributed by atoms with E-state index in [1.165, 1.54) is 18.9 Å². The van der Waals surface area contributed by atoms with Crippen molar-refractivity contribution < 1.29 is 27.8 Å². The van der Waals surface area contributed by atoms with Gasteiger partial charge in [0.2, 0.25) is 0 Å². The maximum absolute atomic E-state index is 13.0. The van der Waals surface area contributed by atoms with Crippen LogP contribution in [-0.2, 0) is 19.6 Å². The zero-order valence-corrected chi connectivity index (χ0v) is 21.0. The summed E-state index contributed by atoms with van der Waals surface area (Å²) in [7, 11) is 1.45. The maximum Gasteiger partial charge on any atom is 0.416 e. The summed E-state index contributed by atoms with van der Waals surface area (Å²) in [5.41, 5.74) is 1.35. The molecule has 37 heavy (non-hydrogen) atoms. The highest BCUT2D eigenvalue weighted by atomic mass is 32.1. The molecule has 4 rings (SSSR count). The summed E-state index contributed by atoms with van der Waals surface area (Å²) in [6.45, 7) is 2.90. The SMILES string of the molecule is CCc1ccc(COc2ncc(-c3sc4c(c3C)c(=O)[nH]c(=O)n4CC(O)C(F)(F)F)cc2OC)cc1. The minimum Gasteiger partial charge on any atom is -0.491 e. The lowest BCUT2D eigenvalue weighted by Crippen LogP contribution is -2.38. The number of hydrogen-bond acceptors (Lipinski definition) is 7. The summed E-state index contributed by atoms with van der Waals surface area (Å²) in [4.78, 5) is 31.8. The second kappa shape index (κ2) is 10.4. The van der Waals surface area contributed by atoms with E-state index in [2.05, 4.69) is 11.9 Å². The number of thiophene rings is 1. The van der Waals surface area contributed by atoms with E-state index in [9.17, 15) is 27.9 Å². The van der Waals surface area contributed by atoms with Gasteiger partial charge in [-0.3, -0.25) is 14.3 Å². The Morgan fingerprint density at radius 1 is 1.19 bits per heavy atom. The molecule has 0 aliphatic carbocycles. The Labute approximate surface area is 212 Å². The quantitative estimate of drug-likeness (QED) is 0.351. The number of benzene rings is 1. The van der Waals surface area contributed by atoms with E-state index >= 15 is 0 Å². The van der Waals surface area contributed by atoms with Crippen molar-refractivity contribution in [1.29, 1.82) is 0 Å². The van der Waals surface area contributed by atoms with Gasteiger partial charge in [0, 0.05) is 16.6 Å². The molecule has 0 saturated carbocycles. The van der Waals surface area contributed by atoms with Gasteiger partial charge in [0.15, 0.2) is 11.9 Å². The third-order valence-electron chi connectivity index (χ3n) is 5.91. The molecular weight excluding hydrogens is 511 g/mol. The molecule has 0 aliphatic rings. The monoisotopic (exact) mass is 535 g/mol. The van der Waals surface area contributed by atoms with Crippen LogP contribution >= 0.6 is 11.3 Å². The first-order valence-electron chi connectivity index (χ1n) is 11.3. The molecule has 0 fully saturated rings. The Hall–Kier alpha value is -3.64. The highest BCUT2D eigenvalue weighted by molar-refractivity contribution is 7.22. The average Bonchev–Trinajstić information content (AvgIpc) is 3.22. The Balaban J connectivity index is 1.70. The third kappa shape index (κ3) is 5.39. The summed E-state index contributed by atoms with van der Waals surface area (Å²) in [5, 5.41) is 9.59. The fourth-order valence-corrected chi connectivity index (χ4v) is 5.12. The smallest absolute Gasteiger partial charge is 0.416 e. The van der Waals surface area contributed by atoms with Crippen LogP contribution in [0.3, 0.4) is 0 Å². The van der Waals surface area contributed by atoms with Crippen LogP contribution in [0.2, 0.25) is 0 Å². The lowest BCUT2D eigenvalue weighted by Gasteiger charge is -2.15. The number of aryl methyl sites for hydroxylation is 2. The number of nitrogens with zero attached hydrogens (tertiary/aromatic N) is 2. The molecule has 2 N–H and O–H groups in total. The van der Waals surface area contributed by atoms with Crippen LogP contribution in [0.5, 0.6) is 11.6 Å². The predicted molar refractivity (Wildman–Crippen MR) is 133 cm³/mol. The van der Waals surface area contributed by atoms with Crippen molar-refractivity contribution in [2.75, 3.05) is 7.11 Å². The van der Waals surface area contributed by atoms with Crippen LogP contribution < -0.4 is 20.7 Å². The number of aromatic amines is 1. The topological polar surface area (TPSA) is 106 Å². The van der Waals surface area contributed by atoms with E-state index in [0.29, 0.717) is 21.8 Å². The van der Waals surface area contributed by atoms with Crippen LogP contribution in [0, 0.1) is 6.92 Å². The second-order valence-electron chi connectivity index (χ2n) is 8.35. The minimum absolute atomic E-state index is 0.0133. The molecule has 0 bridgehead atoms. The number of aromatic nitrogens is 3. The van der Waals surface area contributed by atoms with E-state index in [1.807, 2.05) is 29.2 Å². The summed E-state index contributed by atoms with van der Waals surface area (Å²) >= 11 is 0.951. The van der Waals surface area contributed by atoms with Gasteiger partial charge < -0.3 is 14.6 Å². The minimum atomic E-state index is -4.93. The average molecular weight is 536 g/mol. The molecule has 3 aromatic heterocycles. The van der Waals surface area contributed by atoms with Gasteiger partial charge >= 0.3 is 11.9 Å². The largest absolute Gasteiger partial charge is 0.491 e. The van der Waals surface area contributed by atoms with Crippen molar-refractivity contribution in [3.05, 3.63) is 74.1 Å². The van der Waals surface area contributed by atoms with Crippen molar-refractivity contribution in [3.63, 3.8) is 0 Å². The fourth-order valence-electron chi connectivity index (χ4n) is 3.83. The zero-order valence-electron chi connectivity index (χ0n) is 20.2. The maximum atomic E-state index is 13.0. The van der Waals surface area contributed by atoms with Gasteiger partial charge in [0.05, 0.1) is 19.0 Å². The van der Waals surface area contributed by atoms with E-state index in [-0.39, 0.29) is 22.7 Å². The van der Waals surface area contributed by atoms with Crippen molar-refractivity contribution in [2.24, 2.45) is 0 Å². The van der Waals surface area contributed by atoms with Gasteiger partial charge in [-0.25, -0.2) is 9.78 Å². The second-order valence-corrected chi connectivity index (χ2v) is 9.35. The van der Waals surface area contributed by atoms with Crippen molar-refractivity contribution in [1.82, 2.24) is 14.5 Å². The zero-order chi connectivity index (χ0) is 26.9. The molecule has 0 radical (unpaired) electrons. The summed E-state index contributed by atoms with van der Waals surface area (Å²) < 4.78 is 50.9. The first kappa shape index (κ1) is 26.4. The Kier molecular flexibility index (Phi) is 7.42. The number of H-pyrrole nitrogens is 1. The van der Waals surface area contributed by atoms with Crippen LogP contribution in [0.25, 0.3) is 20.7 Å². The number of nitrogens with one attached hydrogen (secondary N) is 1. The number of rotatable bonds is 8. The first-order valence-corrected chi connectivity index (χ1v) is 12.1. The molecule has 0 spiro atoms. The van der Waals surface area contributed by atoms with Gasteiger partial charge in [0.25, 0.3) is 11.4 Å². The van der Waals surface area contributed by atoms with E-state index < -0.39 is 30.1 Å². The summed E-state index contributed by atoms with van der Waals surface area (Å²) in [6, 6.07) is 9.61. The molecule has 0 amide bonds. The Bertz CT molecular complexity index is 1540. The number of methoxy groups -OCH3 is 1. The molecule has 8 nitrogen and oxygen atoms in total. The molecular formula is C25H24F3N3O5S. The molecule has 1 aromatic carbocycles. The predicted octanol–water partition coefficient (Wildman–Crippen LogP) is 4.19. The molecule has 0 saturated heterocycles. The van der Waals surface area contributed by atoms with E-state index in [1.54, 1.807) is 13.0 Å². The number of halogens is 3. The Morgan fingerprint density at radius 2 is 1.86 bits per heavy atom. The summed E-state index contributed by atoms with van der Waals surface area (Å²) in [5.74, 6) is 0.561. The molecule has 1 atom stereocenters. The first-order chi connectivity index (χ1) is 17.5. The van der Waals surface area contributed by atoms with E-state index in [0.717, 1.165) is 27.9 Å². The fraction of sp³-hybridized carbons (Fsp3) is 0.320. The van der Waals surface area contributed by atoms with Crippen LogP contribution in [0.1, 0.15) is 23.6 Å². The van der Waals surface area contributed by atoms with Crippen LogP contribution in [-0.4, -0.2) is 39.0 Å². The molecule has 0 aliphatic heterocycles. The third-order valence-corrected chi connectivity index (χ3v) is 7.27. The Morgan fingerprint density at radius 3 is 2.49 bits per heavy atom. The highest BCUT2D eigenvalue weighted by Crippen LogP contribution is 2.39. The molecule has 1 unspecified atom stereocenters. The lowest BCUT2D eigenvalue weighted by atomic mass is 10.1. The van der Waals surface area contributed by atoms with Gasteiger partial charge in [0.1, 0.15) is 11.4 Å². The van der Waals surface area contributed by atoms with Crippen molar-refractivity contribution in [2.45, 2.75) is 45.7 Å². The van der Waals surface area contributed by atoms with Gasteiger partial charge in [-0.2, -0.15) is 13.2 Å². The lowest BCUT2D eigenvalue weighted by molar-refractivity contribution is -0.207. The van der Waals surface area contributed by atoms with Crippen molar-refractivity contribution >= 4 is 21.6 Å². The number of hydrogen-bond donors (Lipinski definition) is 2. The van der Waals surface area contributed by atoms with Crippen molar-refractivity contribution in [3.8, 4) is 22.1 Å². The molecule has 4 aromatic rings.